The molecule has 11 nitrogen and oxygen atoms in total. The van der Waals surface area contributed by atoms with Gasteiger partial charge in [0.05, 0.1) is 20.3 Å². The smallest absolute Gasteiger partial charge is 0.331 e. The Morgan fingerprint density at radius 1 is 1.03 bits per heavy atom. The second-order valence-electron chi connectivity index (χ2n) is 7.82. The van der Waals surface area contributed by atoms with E-state index >= 15 is 0 Å². The van der Waals surface area contributed by atoms with Crippen molar-refractivity contribution in [2.45, 2.75) is 37.1 Å². The summed E-state index contributed by atoms with van der Waals surface area (Å²) >= 11 is 0. The van der Waals surface area contributed by atoms with E-state index in [2.05, 4.69) is 0 Å². The summed E-state index contributed by atoms with van der Waals surface area (Å²) in [4.78, 5) is 12.4. The molecule has 1 fully saturated rings. The molecule has 190 valence electrons. The number of hydrogen-bond donors (Lipinski definition) is 6. The van der Waals surface area contributed by atoms with Gasteiger partial charge >= 0.3 is 5.97 Å². The summed E-state index contributed by atoms with van der Waals surface area (Å²) < 4.78 is 21.4. The SMILES string of the molecule is COc1cc(C=CC(=O)OC2C(OCCc3ccc(O)c(O)c3)OC(CO)C(O)C2O)ccc1O. The van der Waals surface area contributed by atoms with Crippen LogP contribution in [0.15, 0.2) is 42.5 Å². The molecule has 1 heterocycles. The summed E-state index contributed by atoms with van der Waals surface area (Å²) in [6, 6.07) is 8.70. The van der Waals surface area contributed by atoms with Crippen LogP contribution >= 0.6 is 0 Å². The molecule has 35 heavy (non-hydrogen) atoms. The number of phenolic OH excluding ortho intramolecular Hbond substituents is 3. The number of esters is 1. The maximum absolute atomic E-state index is 12.4. The molecule has 1 aliphatic rings. The van der Waals surface area contributed by atoms with Crippen molar-refractivity contribution >= 4 is 12.0 Å². The van der Waals surface area contributed by atoms with Gasteiger partial charge in [-0.15, -0.1) is 0 Å². The van der Waals surface area contributed by atoms with Crippen LogP contribution < -0.4 is 4.74 Å². The highest BCUT2D eigenvalue weighted by molar-refractivity contribution is 5.87. The molecule has 1 aliphatic heterocycles. The molecule has 2 aromatic carbocycles. The lowest BCUT2D eigenvalue weighted by Crippen LogP contribution is -2.60. The number of methoxy groups -OCH3 is 1. The third-order valence-corrected chi connectivity index (χ3v) is 5.41. The molecule has 5 atom stereocenters. The molecule has 2 aromatic rings. The minimum absolute atomic E-state index is 0.00698. The lowest BCUT2D eigenvalue weighted by molar-refractivity contribution is -0.303. The van der Waals surface area contributed by atoms with Crippen molar-refractivity contribution in [3.63, 3.8) is 0 Å². The topological polar surface area (TPSA) is 175 Å². The number of hydrogen-bond acceptors (Lipinski definition) is 11. The van der Waals surface area contributed by atoms with Gasteiger partial charge in [-0.25, -0.2) is 4.79 Å². The van der Waals surface area contributed by atoms with Gasteiger partial charge in [0.15, 0.2) is 35.4 Å². The Morgan fingerprint density at radius 2 is 1.77 bits per heavy atom. The summed E-state index contributed by atoms with van der Waals surface area (Å²) in [6.07, 6.45) is -4.25. The Balaban J connectivity index is 1.67. The zero-order chi connectivity index (χ0) is 25.5. The van der Waals surface area contributed by atoms with Crippen LogP contribution in [0.3, 0.4) is 0 Å². The highest BCUT2D eigenvalue weighted by atomic mass is 16.7. The molecule has 3 rings (SSSR count). The van der Waals surface area contributed by atoms with Crippen LogP contribution in [-0.4, -0.2) is 87.6 Å². The number of rotatable bonds is 9. The quantitative estimate of drug-likeness (QED) is 0.163. The zero-order valence-corrected chi connectivity index (χ0v) is 18.9. The molecule has 0 aliphatic carbocycles. The van der Waals surface area contributed by atoms with E-state index in [0.29, 0.717) is 11.1 Å². The second-order valence-corrected chi connectivity index (χ2v) is 7.82. The van der Waals surface area contributed by atoms with Gasteiger partial charge in [0.2, 0.25) is 0 Å². The second kappa shape index (κ2) is 11.9. The Morgan fingerprint density at radius 3 is 2.46 bits per heavy atom. The predicted octanol–water partition coefficient (Wildman–Crippen LogP) is 0.435. The standard InChI is InChI=1S/C24H28O11/c1-32-18-11-13(3-6-16(18)27)4-7-20(29)35-23-22(31)21(30)19(12-25)34-24(23)33-9-8-14-2-5-15(26)17(28)10-14/h2-7,10-11,19,21-28,30-31H,8-9,12H2,1H3. The monoisotopic (exact) mass is 492 g/mol. The molecular weight excluding hydrogens is 464 g/mol. The van der Waals surface area contributed by atoms with Gasteiger partial charge in [0.25, 0.3) is 0 Å². The number of phenols is 3. The molecule has 0 bridgehead atoms. The van der Waals surface area contributed by atoms with Crippen molar-refractivity contribution in [3.8, 4) is 23.0 Å². The van der Waals surface area contributed by atoms with Gasteiger partial charge < -0.3 is 49.6 Å². The van der Waals surface area contributed by atoms with Gasteiger partial charge in [0.1, 0.15) is 18.3 Å². The first-order chi connectivity index (χ1) is 16.7. The third-order valence-electron chi connectivity index (χ3n) is 5.41. The number of carbonyl (C=O) groups is 1. The summed E-state index contributed by atoms with van der Waals surface area (Å²) in [7, 11) is 1.39. The van der Waals surface area contributed by atoms with E-state index in [-0.39, 0.29) is 36.0 Å². The minimum Gasteiger partial charge on any atom is -0.504 e. The molecule has 0 aromatic heterocycles. The van der Waals surface area contributed by atoms with E-state index in [1.807, 2.05) is 0 Å². The van der Waals surface area contributed by atoms with Gasteiger partial charge in [-0.3, -0.25) is 0 Å². The van der Waals surface area contributed by atoms with Crippen molar-refractivity contribution in [3.05, 3.63) is 53.6 Å². The average Bonchev–Trinajstić information content (AvgIpc) is 2.85. The molecule has 1 saturated heterocycles. The maximum Gasteiger partial charge on any atom is 0.331 e. The molecule has 0 saturated carbocycles. The van der Waals surface area contributed by atoms with E-state index < -0.39 is 43.3 Å². The maximum atomic E-state index is 12.4. The van der Waals surface area contributed by atoms with Crippen LogP contribution in [0.5, 0.6) is 23.0 Å². The van der Waals surface area contributed by atoms with Crippen molar-refractivity contribution in [2.24, 2.45) is 0 Å². The van der Waals surface area contributed by atoms with Crippen LogP contribution in [0.1, 0.15) is 11.1 Å². The van der Waals surface area contributed by atoms with E-state index in [9.17, 15) is 35.4 Å². The molecule has 6 N–H and O–H groups in total. The molecule has 0 amide bonds. The normalized spacial score (nSPS) is 24.4. The molecular formula is C24H28O11. The van der Waals surface area contributed by atoms with Crippen molar-refractivity contribution in [1.29, 1.82) is 0 Å². The highest BCUT2D eigenvalue weighted by Gasteiger charge is 2.47. The average molecular weight is 492 g/mol. The summed E-state index contributed by atoms with van der Waals surface area (Å²) in [5.74, 6) is -1.27. The number of ether oxygens (including phenoxy) is 4. The van der Waals surface area contributed by atoms with Crippen LogP contribution in [-0.2, 0) is 25.4 Å². The van der Waals surface area contributed by atoms with E-state index in [0.717, 1.165) is 6.08 Å². The number of benzene rings is 2. The third kappa shape index (κ3) is 6.62. The zero-order valence-electron chi connectivity index (χ0n) is 18.9. The van der Waals surface area contributed by atoms with E-state index in [4.69, 9.17) is 18.9 Å². The number of aliphatic hydroxyl groups is 3. The number of aromatic hydroxyl groups is 3. The first-order valence-corrected chi connectivity index (χ1v) is 10.7. The Labute approximate surface area is 201 Å². The predicted molar refractivity (Wildman–Crippen MR) is 121 cm³/mol. The fraction of sp³-hybridized carbons (Fsp3) is 0.375. The number of carbonyl (C=O) groups excluding carboxylic acids is 1. The van der Waals surface area contributed by atoms with Gasteiger partial charge in [-0.05, 0) is 47.9 Å². The van der Waals surface area contributed by atoms with Crippen molar-refractivity contribution in [2.75, 3.05) is 20.3 Å². The van der Waals surface area contributed by atoms with Crippen molar-refractivity contribution in [1.82, 2.24) is 0 Å². The van der Waals surface area contributed by atoms with Crippen LogP contribution in [0.2, 0.25) is 0 Å². The minimum atomic E-state index is -1.60. The van der Waals surface area contributed by atoms with E-state index in [1.165, 1.54) is 37.5 Å². The molecule has 0 radical (unpaired) electrons. The largest absolute Gasteiger partial charge is 0.504 e. The first kappa shape index (κ1) is 26.3. The summed E-state index contributed by atoms with van der Waals surface area (Å²) in [5.41, 5.74) is 1.17. The van der Waals surface area contributed by atoms with Crippen LogP contribution in [0.25, 0.3) is 6.08 Å². The lowest BCUT2D eigenvalue weighted by atomic mass is 9.99. The van der Waals surface area contributed by atoms with Crippen LogP contribution in [0.4, 0.5) is 0 Å². The summed E-state index contributed by atoms with van der Waals surface area (Å²) in [5, 5.41) is 58.8. The van der Waals surface area contributed by atoms with Crippen LogP contribution in [0, 0.1) is 0 Å². The molecule has 0 spiro atoms. The van der Waals surface area contributed by atoms with Gasteiger partial charge in [-0.1, -0.05) is 12.1 Å². The Kier molecular flexibility index (Phi) is 8.90. The molecule has 5 unspecified atom stereocenters. The fourth-order valence-corrected chi connectivity index (χ4v) is 3.47. The fourth-order valence-electron chi connectivity index (χ4n) is 3.47. The summed E-state index contributed by atoms with van der Waals surface area (Å²) in [6.45, 7) is -0.597. The van der Waals surface area contributed by atoms with Crippen molar-refractivity contribution < 1.29 is 54.4 Å². The van der Waals surface area contributed by atoms with E-state index in [1.54, 1.807) is 12.1 Å². The first-order valence-electron chi connectivity index (χ1n) is 10.7. The Hall–Kier alpha value is -3.35. The van der Waals surface area contributed by atoms with Gasteiger partial charge in [0, 0.05) is 6.08 Å². The molecule has 11 heteroatoms. The highest BCUT2D eigenvalue weighted by Crippen LogP contribution is 2.28. The number of aliphatic hydroxyl groups excluding tert-OH is 3. The lowest BCUT2D eigenvalue weighted by Gasteiger charge is -2.41. The van der Waals surface area contributed by atoms with Gasteiger partial charge in [-0.2, -0.15) is 0 Å². The Bertz CT molecular complexity index is 1040.